The predicted molar refractivity (Wildman–Crippen MR) is 105 cm³/mol. The highest BCUT2D eigenvalue weighted by Crippen LogP contribution is 2.34. The van der Waals surface area contributed by atoms with Crippen LogP contribution in [-0.2, 0) is 6.54 Å². The van der Waals surface area contributed by atoms with E-state index in [1.54, 1.807) is 19.2 Å². The van der Waals surface area contributed by atoms with E-state index < -0.39 is 6.61 Å². The minimum atomic E-state index is -2.87. The normalized spacial score (nSPS) is 17.1. The Bertz CT molecular complexity index is 664. The summed E-state index contributed by atoms with van der Waals surface area (Å²) in [7, 11) is 3.23. The summed E-state index contributed by atoms with van der Waals surface area (Å²) in [6.45, 7) is 0.413. The molecule has 0 aliphatic heterocycles. The van der Waals surface area contributed by atoms with Crippen LogP contribution in [0, 0.1) is 5.92 Å². The third-order valence-electron chi connectivity index (χ3n) is 5.10. The van der Waals surface area contributed by atoms with Crippen LogP contribution in [0.1, 0.15) is 31.2 Å². The molecule has 0 spiro atoms. The number of methoxy groups -OCH3 is 1. The van der Waals surface area contributed by atoms with Gasteiger partial charge in [-0.3, -0.25) is 9.89 Å². The highest BCUT2D eigenvalue weighted by molar-refractivity contribution is 5.79. The van der Waals surface area contributed by atoms with Gasteiger partial charge in [0.2, 0.25) is 0 Å². The number of guanidine groups is 1. The van der Waals surface area contributed by atoms with Crippen molar-refractivity contribution in [2.45, 2.75) is 44.9 Å². The maximum atomic E-state index is 12.6. The number of alkyl halides is 2. The van der Waals surface area contributed by atoms with Crippen molar-refractivity contribution in [2.75, 3.05) is 33.8 Å². The highest BCUT2D eigenvalue weighted by atomic mass is 19.3. The van der Waals surface area contributed by atoms with E-state index in [2.05, 4.69) is 25.3 Å². The molecule has 2 N–H and O–H groups in total. The number of hydrogen-bond donors (Lipinski definition) is 2. The van der Waals surface area contributed by atoms with E-state index in [1.807, 2.05) is 0 Å². The van der Waals surface area contributed by atoms with Crippen LogP contribution in [-0.4, -0.2) is 57.3 Å². The van der Waals surface area contributed by atoms with Crippen LogP contribution in [0.4, 0.5) is 8.78 Å². The summed E-state index contributed by atoms with van der Waals surface area (Å²) in [5.41, 5.74) is 0.580. The molecule has 8 heteroatoms. The van der Waals surface area contributed by atoms with Gasteiger partial charge in [-0.25, -0.2) is 0 Å². The van der Waals surface area contributed by atoms with Crippen molar-refractivity contribution in [1.29, 1.82) is 0 Å². The van der Waals surface area contributed by atoms with Crippen molar-refractivity contribution in [1.82, 2.24) is 15.5 Å². The maximum Gasteiger partial charge on any atom is 0.387 e. The van der Waals surface area contributed by atoms with E-state index in [9.17, 15) is 8.78 Å². The molecule has 3 rings (SSSR count). The topological polar surface area (TPSA) is 58.1 Å². The Balaban J connectivity index is 1.49. The molecule has 0 radical (unpaired) electrons. The van der Waals surface area contributed by atoms with Gasteiger partial charge in [-0.2, -0.15) is 8.78 Å². The Morgan fingerprint density at radius 3 is 2.64 bits per heavy atom. The lowest BCUT2D eigenvalue weighted by Gasteiger charge is -2.22. The fourth-order valence-electron chi connectivity index (χ4n) is 3.24. The average Bonchev–Trinajstić information content (AvgIpc) is 3.57. The first-order valence-corrected chi connectivity index (χ1v) is 9.89. The van der Waals surface area contributed by atoms with Gasteiger partial charge in [0.1, 0.15) is 11.5 Å². The van der Waals surface area contributed by atoms with E-state index in [0.29, 0.717) is 23.8 Å². The summed E-state index contributed by atoms with van der Waals surface area (Å²) >= 11 is 0. The lowest BCUT2D eigenvalue weighted by Crippen LogP contribution is -2.42. The molecule has 2 aliphatic rings. The largest absolute Gasteiger partial charge is 0.497 e. The molecule has 0 saturated heterocycles. The Hall–Kier alpha value is -2.09. The summed E-state index contributed by atoms with van der Waals surface area (Å²) < 4.78 is 35.1. The van der Waals surface area contributed by atoms with Crippen molar-refractivity contribution >= 4 is 5.96 Å². The summed E-state index contributed by atoms with van der Waals surface area (Å²) in [6, 6.07) is 5.52. The van der Waals surface area contributed by atoms with E-state index in [1.165, 1.54) is 45.4 Å². The SMILES string of the molecule is CN=C(NCCN(CC1CC1)C1CC1)NCc1cc(OC)ccc1OC(F)F. The number of nitrogens with zero attached hydrogens (tertiary/aromatic N) is 2. The zero-order valence-electron chi connectivity index (χ0n) is 16.6. The van der Waals surface area contributed by atoms with Gasteiger partial charge in [-0.1, -0.05) is 0 Å². The van der Waals surface area contributed by atoms with Crippen molar-refractivity contribution in [2.24, 2.45) is 10.9 Å². The van der Waals surface area contributed by atoms with E-state index in [4.69, 9.17) is 4.74 Å². The molecule has 0 aromatic heterocycles. The standard InChI is InChI=1S/C20H30F2N4O2/c1-23-20(24-9-10-26(16-5-6-16)13-14-3-4-14)25-12-15-11-17(27-2)7-8-18(15)28-19(21)22/h7-8,11,14,16,19H,3-6,9-10,12-13H2,1-2H3,(H2,23,24,25). The van der Waals surface area contributed by atoms with E-state index in [0.717, 1.165) is 25.0 Å². The molecule has 0 heterocycles. The maximum absolute atomic E-state index is 12.6. The molecule has 28 heavy (non-hydrogen) atoms. The first-order valence-electron chi connectivity index (χ1n) is 9.89. The minimum absolute atomic E-state index is 0.128. The van der Waals surface area contributed by atoms with Crippen LogP contribution >= 0.6 is 0 Å². The van der Waals surface area contributed by atoms with E-state index >= 15 is 0 Å². The second kappa shape index (κ2) is 9.91. The van der Waals surface area contributed by atoms with Gasteiger partial charge in [0.25, 0.3) is 0 Å². The van der Waals surface area contributed by atoms with Gasteiger partial charge in [0, 0.05) is 44.8 Å². The Morgan fingerprint density at radius 1 is 1.25 bits per heavy atom. The molecule has 0 atom stereocenters. The van der Waals surface area contributed by atoms with Crippen LogP contribution in [0.5, 0.6) is 11.5 Å². The van der Waals surface area contributed by atoms with Gasteiger partial charge in [-0.05, 0) is 49.8 Å². The van der Waals surface area contributed by atoms with Gasteiger partial charge < -0.3 is 20.1 Å². The van der Waals surface area contributed by atoms with Crippen molar-refractivity contribution in [3.8, 4) is 11.5 Å². The fourth-order valence-corrected chi connectivity index (χ4v) is 3.24. The smallest absolute Gasteiger partial charge is 0.387 e. The predicted octanol–water partition coefficient (Wildman–Crippen LogP) is 2.84. The second-order valence-electron chi connectivity index (χ2n) is 7.37. The molecule has 2 saturated carbocycles. The van der Waals surface area contributed by atoms with Crippen LogP contribution in [0.2, 0.25) is 0 Å². The Morgan fingerprint density at radius 2 is 2.04 bits per heavy atom. The molecule has 1 aromatic carbocycles. The van der Waals surface area contributed by atoms with Gasteiger partial charge in [0.05, 0.1) is 7.11 Å². The summed E-state index contributed by atoms with van der Waals surface area (Å²) in [5.74, 6) is 2.23. The summed E-state index contributed by atoms with van der Waals surface area (Å²) in [6.07, 6.45) is 5.35. The monoisotopic (exact) mass is 396 g/mol. The summed E-state index contributed by atoms with van der Waals surface area (Å²) in [5, 5.41) is 6.47. The number of benzene rings is 1. The van der Waals surface area contributed by atoms with Crippen molar-refractivity contribution in [3.05, 3.63) is 23.8 Å². The third-order valence-corrected chi connectivity index (χ3v) is 5.10. The molecule has 2 aliphatic carbocycles. The molecule has 0 bridgehead atoms. The van der Waals surface area contributed by atoms with Gasteiger partial charge in [-0.15, -0.1) is 0 Å². The zero-order valence-corrected chi connectivity index (χ0v) is 16.6. The zero-order chi connectivity index (χ0) is 19.9. The number of ether oxygens (including phenoxy) is 2. The number of nitrogens with one attached hydrogen (secondary N) is 2. The number of aliphatic imine (C=N–C) groups is 1. The highest BCUT2D eigenvalue weighted by Gasteiger charge is 2.33. The number of rotatable bonds is 11. The van der Waals surface area contributed by atoms with Gasteiger partial charge >= 0.3 is 6.61 Å². The van der Waals surface area contributed by atoms with Gasteiger partial charge in [0.15, 0.2) is 5.96 Å². The molecular weight excluding hydrogens is 366 g/mol. The third kappa shape index (κ3) is 6.51. The molecule has 1 aromatic rings. The lowest BCUT2D eigenvalue weighted by atomic mass is 10.2. The molecule has 156 valence electrons. The first kappa shape index (κ1) is 20.6. The van der Waals surface area contributed by atoms with Crippen LogP contribution < -0.4 is 20.1 Å². The van der Waals surface area contributed by atoms with Crippen molar-refractivity contribution in [3.63, 3.8) is 0 Å². The minimum Gasteiger partial charge on any atom is -0.497 e. The van der Waals surface area contributed by atoms with Crippen LogP contribution in [0.15, 0.2) is 23.2 Å². The molecule has 6 nitrogen and oxygen atoms in total. The quantitative estimate of drug-likeness (QED) is 0.445. The lowest BCUT2D eigenvalue weighted by molar-refractivity contribution is -0.0504. The van der Waals surface area contributed by atoms with Crippen LogP contribution in [0.3, 0.4) is 0 Å². The molecule has 0 amide bonds. The first-order chi connectivity index (χ1) is 13.6. The molecule has 0 unspecified atom stereocenters. The molecule has 2 fully saturated rings. The second-order valence-corrected chi connectivity index (χ2v) is 7.37. The average molecular weight is 396 g/mol. The number of hydrogen-bond acceptors (Lipinski definition) is 4. The fraction of sp³-hybridized carbons (Fsp3) is 0.650. The Kier molecular flexibility index (Phi) is 7.30. The van der Waals surface area contributed by atoms with Crippen molar-refractivity contribution < 1.29 is 18.3 Å². The van der Waals surface area contributed by atoms with E-state index in [-0.39, 0.29) is 5.75 Å². The number of halogens is 2. The summed E-state index contributed by atoms with van der Waals surface area (Å²) in [4.78, 5) is 6.80. The Labute approximate surface area is 165 Å². The molecular formula is C20H30F2N4O2. The van der Waals surface area contributed by atoms with Crippen LogP contribution in [0.25, 0.3) is 0 Å².